The number of hydrogen-bond acceptors (Lipinski definition) is 3. The molecule has 3 saturated carbocycles. The normalized spacial score (nSPS) is 34.8. The molecule has 0 unspecified atom stereocenters. The van der Waals surface area contributed by atoms with E-state index in [0.717, 1.165) is 0 Å². The molecule has 17 heavy (non-hydrogen) atoms. The maximum atomic E-state index is 12.7. The highest BCUT2D eigenvalue weighted by Gasteiger charge is 2.79. The molecule has 0 saturated heterocycles. The van der Waals surface area contributed by atoms with Crippen molar-refractivity contribution >= 4 is 6.29 Å². The summed E-state index contributed by atoms with van der Waals surface area (Å²) in [5, 5.41) is 0. The molecule has 0 amide bonds. The monoisotopic (exact) mass is 242 g/mol. The molecular weight excluding hydrogens is 233 g/mol. The van der Waals surface area contributed by atoms with Crippen molar-refractivity contribution < 1.29 is 18.0 Å². The van der Waals surface area contributed by atoms with E-state index in [1.54, 1.807) is 0 Å². The Kier molecular flexibility index (Phi) is 1.80. The van der Waals surface area contributed by atoms with E-state index in [-0.39, 0.29) is 19.3 Å². The number of carbonyl (C=O) groups is 1. The Morgan fingerprint density at radius 2 is 1.94 bits per heavy atom. The highest BCUT2D eigenvalue weighted by molar-refractivity contribution is 5.77. The van der Waals surface area contributed by atoms with Gasteiger partial charge >= 0.3 is 6.18 Å². The second kappa shape index (κ2) is 2.86. The Morgan fingerprint density at radius 1 is 1.29 bits per heavy atom. The van der Waals surface area contributed by atoms with Gasteiger partial charge in [0.1, 0.15) is 6.33 Å². The zero-order chi connectivity index (χ0) is 12.3. The molecule has 0 spiro atoms. The Morgan fingerprint density at radius 3 is 2.47 bits per heavy atom. The van der Waals surface area contributed by atoms with Crippen LogP contribution in [0.25, 0.3) is 0 Å². The summed E-state index contributed by atoms with van der Waals surface area (Å²) >= 11 is 0. The second-order valence-corrected chi connectivity index (χ2v) is 5.03. The van der Waals surface area contributed by atoms with Crippen molar-refractivity contribution in [2.75, 3.05) is 0 Å². The zero-order valence-electron chi connectivity index (χ0n) is 8.79. The van der Waals surface area contributed by atoms with Crippen LogP contribution in [-0.4, -0.2) is 22.4 Å². The van der Waals surface area contributed by atoms with Gasteiger partial charge in [0.25, 0.3) is 0 Å². The maximum Gasteiger partial charge on any atom is 0.394 e. The number of carbonyl (C=O) groups excluding carboxylic acids is 1. The molecule has 3 aliphatic carbocycles. The Labute approximate surface area is 95.1 Å². The Balaban J connectivity index is 1.90. The van der Waals surface area contributed by atoms with Gasteiger partial charge in [-0.15, -0.1) is 0 Å². The first-order valence-corrected chi connectivity index (χ1v) is 5.25. The summed E-state index contributed by atoms with van der Waals surface area (Å²) in [4.78, 5) is 18.5. The minimum Gasteiger partial charge on any atom is -0.298 e. The van der Waals surface area contributed by atoms with Gasteiger partial charge in [-0.3, -0.25) is 4.79 Å². The lowest BCUT2D eigenvalue weighted by molar-refractivity contribution is -0.337. The number of hydrogen-bond donors (Lipinski definition) is 0. The number of aromatic nitrogens is 2. The van der Waals surface area contributed by atoms with Crippen LogP contribution in [0.4, 0.5) is 13.2 Å². The van der Waals surface area contributed by atoms with Crippen LogP contribution in [0.5, 0.6) is 0 Å². The molecule has 1 heterocycles. The summed E-state index contributed by atoms with van der Waals surface area (Å²) < 4.78 is 38.1. The van der Waals surface area contributed by atoms with Gasteiger partial charge in [0, 0.05) is 11.6 Å². The molecule has 3 fully saturated rings. The average Bonchev–Trinajstić information content (AvgIpc) is 2.12. The fourth-order valence-electron chi connectivity index (χ4n) is 3.21. The second-order valence-electron chi connectivity index (χ2n) is 5.03. The molecule has 0 N–H and O–H groups in total. The molecule has 0 aromatic carbocycles. The van der Waals surface area contributed by atoms with Crippen LogP contribution in [0.2, 0.25) is 0 Å². The van der Waals surface area contributed by atoms with Gasteiger partial charge in [0.15, 0.2) is 6.29 Å². The summed E-state index contributed by atoms with van der Waals surface area (Å²) in [6, 6.07) is 0. The Bertz CT molecular complexity index is 478. The third-order valence-corrected chi connectivity index (χ3v) is 4.00. The number of nitrogens with zero attached hydrogens (tertiary/aromatic N) is 2. The van der Waals surface area contributed by atoms with Crippen molar-refractivity contribution in [3.8, 4) is 0 Å². The van der Waals surface area contributed by atoms with Crippen LogP contribution in [-0.2, 0) is 5.41 Å². The van der Waals surface area contributed by atoms with Gasteiger partial charge in [0.2, 0.25) is 0 Å². The molecule has 3 aliphatic rings. The van der Waals surface area contributed by atoms with Crippen molar-refractivity contribution in [2.24, 2.45) is 5.41 Å². The van der Waals surface area contributed by atoms with Crippen LogP contribution >= 0.6 is 0 Å². The molecule has 0 radical (unpaired) electrons. The first-order valence-electron chi connectivity index (χ1n) is 5.25. The Hall–Kier alpha value is -1.46. The number of rotatable bonds is 2. The van der Waals surface area contributed by atoms with E-state index in [2.05, 4.69) is 9.97 Å². The summed E-state index contributed by atoms with van der Waals surface area (Å²) in [5.41, 5.74) is -1.26. The van der Waals surface area contributed by atoms with Gasteiger partial charge < -0.3 is 0 Å². The lowest BCUT2D eigenvalue weighted by Crippen LogP contribution is -2.70. The molecule has 2 bridgehead atoms. The van der Waals surface area contributed by atoms with Crippen LogP contribution in [0, 0.1) is 5.41 Å². The van der Waals surface area contributed by atoms with Crippen molar-refractivity contribution in [1.82, 2.24) is 9.97 Å². The third kappa shape index (κ3) is 1.15. The van der Waals surface area contributed by atoms with Crippen LogP contribution < -0.4 is 0 Å². The smallest absolute Gasteiger partial charge is 0.298 e. The fourth-order valence-corrected chi connectivity index (χ4v) is 3.21. The van der Waals surface area contributed by atoms with Crippen molar-refractivity contribution in [3.05, 3.63) is 23.8 Å². The number of halogens is 3. The summed E-state index contributed by atoms with van der Waals surface area (Å²) in [5.74, 6) is 0. The van der Waals surface area contributed by atoms with Crippen molar-refractivity contribution in [2.45, 2.75) is 30.9 Å². The number of aldehydes is 1. The predicted molar refractivity (Wildman–Crippen MR) is 51.4 cm³/mol. The summed E-state index contributed by atoms with van der Waals surface area (Å²) in [7, 11) is 0. The highest BCUT2D eigenvalue weighted by atomic mass is 19.4. The SMILES string of the molecule is O=Cc1cncnc1C12CC(C(F)(F)F)(C1)C2. The first-order chi connectivity index (χ1) is 7.93. The minimum absolute atomic E-state index is 0.0569. The quantitative estimate of drug-likeness (QED) is 0.747. The van der Waals surface area contributed by atoms with E-state index in [9.17, 15) is 18.0 Å². The molecule has 1 aromatic rings. The van der Waals surface area contributed by atoms with E-state index in [1.165, 1.54) is 12.5 Å². The lowest BCUT2D eigenvalue weighted by atomic mass is 9.33. The van der Waals surface area contributed by atoms with Gasteiger partial charge in [-0.2, -0.15) is 13.2 Å². The van der Waals surface area contributed by atoms with E-state index in [0.29, 0.717) is 17.5 Å². The van der Waals surface area contributed by atoms with E-state index >= 15 is 0 Å². The van der Waals surface area contributed by atoms with Gasteiger partial charge in [-0.25, -0.2) is 9.97 Å². The third-order valence-electron chi connectivity index (χ3n) is 4.00. The van der Waals surface area contributed by atoms with Crippen molar-refractivity contribution in [3.63, 3.8) is 0 Å². The van der Waals surface area contributed by atoms with Gasteiger partial charge in [0.05, 0.1) is 16.7 Å². The standard InChI is InChI=1S/C11H9F3N2O/c12-11(13,14)10-3-9(4-10,5-10)8-7(2-17)1-15-6-16-8/h1-2,6H,3-5H2. The van der Waals surface area contributed by atoms with Gasteiger partial charge in [-0.05, 0) is 19.3 Å². The molecule has 90 valence electrons. The largest absolute Gasteiger partial charge is 0.394 e. The number of alkyl halides is 3. The molecule has 3 nitrogen and oxygen atoms in total. The summed E-state index contributed by atoms with van der Waals surface area (Å²) in [6.07, 6.45) is -0.720. The lowest BCUT2D eigenvalue weighted by Gasteiger charge is -2.70. The molecule has 0 aliphatic heterocycles. The minimum atomic E-state index is -4.14. The molecule has 6 heteroatoms. The van der Waals surface area contributed by atoms with E-state index < -0.39 is 17.0 Å². The maximum absolute atomic E-state index is 12.7. The van der Waals surface area contributed by atoms with Crippen LogP contribution in [0.15, 0.2) is 12.5 Å². The topological polar surface area (TPSA) is 42.9 Å². The zero-order valence-corrected chi connectivity index (χ0v) is 8.79. The summed E-state index contributed by atoms with van der Waals surface area (Å²) in [6.45, 7) is 0. The fraction of sp³-hybridized carbons (Fsp3) is 0.545. The van der Waals surface area contributed by atoms with E-state index in [4.69, 9.17) is 0 Å². The average molecular weight is 242 g/mol. The van der Waals surface area contributed by atoms with Crippen LogP contribution in [0.3, 0.4) is 0 Å². The van der Waals surface area contributed by atoms with Crippen molar-refractivity contribution in [1.29, 1.82) is 0 Å². The first kappa shape index (κ1) is 10.7. The molecule has 4 rings (SSSR count). The highest BCUT2D eigenvalue weighted by Crippen LogP contribution is 2.78. The van der Waals surface area contributed by atoms with Crippen LogP contribution in [0.1, 0.15) is 35.3 Å². The van der Waals surface area contributed by atoms with E-state index in [1.807, 2.05) is 0 Å². The molecule has 0 atom stereocenters. The predicted octanol–water partition coefficient (Wildman–Crippen LogP) is 2.27. The molecular formula is C11H9F3N2O. The van der Waals surface area contributed by atoms with Gasteiger partial charge in [-0.1, -0.05) is 0 Å². The molecule has 1 aromatic heterocycles.